The van der Waals surface area contributed by atoms with Crippen molar-refractivity contribution >= 4 is 10.1 Å². The minimum Gasteiger partial charge on any atom is -0.741 e. The van der Waals surface area contributed by atoms with Crippen molar-refractivity contribution in [1.82, 2.24) is 0 Å². The van der Waals surface area contributed by atoms with Gasteiger partial charge in [-0.1, -0.05) is 84.4 Å². The van der Waals surface area contributed by atoms with Crippen LogP contribution in [-0.4, -0.2) is 18.5 Å². The molecule has 0 N–H and O–H groups in total. The molecule has 39 heavy (non-hydrogen) atoms. The third kappa shape index (κ3) is 6.79. The van der Waals surface area contributed by atoms with E-state index in [4.69, 9.17) is 13.0 Å². The number of halogens is 3. The molecule has 0 amide bonds. The van der Waals surface area contributed by atoms with Crippen LogP contribution < -0.4 is 4.57 Å². The molecular formula is C31H24F3NO3S. The van der Waals surface area contributed by atoms with E-state index in [-0.39, 0.29) is 0 Å². The van der Waals surface area contributed by atoms with Crippen molar-refractivity contribution in [2.75, 3.05) is 0 Å². The van der Waals surface area contributed by atoms with Gasteiger partial charge in [0.15, 0.2) is 10.1 Å². The molecule has 0 spiro atoms. The summed E-state index contributed by atoms with van der Waals surface area (Å²) in [5, 5.41) is 0. The first-order chi connectivity index (χ1) is 18.5. The predicted octanol–water partition coefficient (Wildman–Crippen LogP) is 7.32. The van der Waals surface area contributed by atoms with Gasteiger partial charge in [-0.05, 0) is 42.3 Å². The minimum absolute atomic E-state index is 1.16. The summed E-state index contributed by atoms with van der Waals surface area (Å²) in [7, 11) is -6.09. The van der Waals surface area contributed by atoms with Crippen molar-refractivity contribution in [3.8, 4) is 39.3 Å². The van der Waals surface area contributed by atoms with Crippen LogP contribution in [0.2, 0.25) is 0 Å². The second-order valence-electron chi connectivity index (χ2n) is 8.68. The zero-order valence-electron chi connectivity index (χ0n) is 20.8. The zero-order valence-corrected chi connectivity index (χ0v) is 21.7. The average molecular weight is 548 g/mol. The molecular weight excluding hydrogens is 523 g/mol. The summed E-state index contributed by atoms with van der Waals surface area (Å²) in [4.78, 5) is 0. The third-order valence-electron chi connectivity index (χ3n) is 5.89. The molecule has 1 heterocycles. The fourth-order valence-electron chi connectivity index (χ4n) is 4.01. The molecule has 0 atom stereocenters. The van der Waals surface area contributed by atoms with Crippen molar-refractivity contribution in [3.05, 3.63) is 133 Å². The van der Waals surface area contributed by atoms with Gasteiger partial charge < -0.3 is 4.55 Å². The normalized spacial score (nSPS) is 11.4. The van der Waals surface area contributed by atoms with Gasteiger partial charge in [-0.3, -0.25) is 0 Å². The fourth-order valence-corrected chi connectivity index (χ4v) is 4.01. The molecule has 0 fully saturated rings. The van der Waals surface area contributed by atoms with E-state index in [0.717, 1.165) is 5.69 Å². The highest BCUT2D eigenvalue weighted by Gasteiger charge is 2.37. The van der Waals surface area contributed by atoms with E-state index in [0.29, 0.717) is 0 Å². The molecule has 4 nitrogen and oxygen atoms in total. The number of aromatic nitrogens is 1. The van der Waals surface area contributed by atoms with Crippen molar-refractivity contribution < 1.29 is 30.7 Å². The van der Waals surface area contributed by atoms with E-state index in [9.17, 15) is 13.2 Å². The second-order valence-corrected chi connectivity index (χ2v) is 10.1. The van der Waals surface area contributed by atoms with E-state index in [1.165, 1.54) is 39.2 Å². The molecule has 5 aromatic rings. The Hall–Kier alpha value is -4.27. The van der Waals surface area contributed by atoms with Crippen LogP contribution >= 0.6 is 0 Å². The van der Waals surface area contributed by atoms with Crippen LogP contribution in [0, 0.1) is 6.92 Å². The van der Waals surface area contributed by atoms with Gasteiger partial charge in [0.05, 0.1) is 0 Å². The molecule has 0 aliphatic carbocycles. The van der Waals surface area contributed by atoms with Gasteiger partial charge >= 0.3 is 5.51 Å². The molecule has 0 aliphatic heterocycles. The maximum Gasteiger partial charge on any atom is 0.485 e. The molecule has 198 valence electrons. The Morgan fingerprint density at radius 1 is 0.590 bits per heavy atom. The first kappa shape index (κ1) is 27.8. The molecule has 0 saturated heterocycles. The lowest BCUT2D eigenvalue weighted by Crippen LogP contribution is -2.36. The van der Waals surface area contributed by atoms with E-state index in [1.54, 1.807) is 0 Å². The molecule has 5 rings (SSSR count). The molecule has 0 bridgehead atoms. The topological polar surface area (TPSA) is 61.1 Å². The first-order valence-electron chi connectivity index (χ1n) is 11.9. The quantitative estimate of drug-likeness (QED) is 0.135. The summed E-state index contributed by atoms with van der Waals surface area (Å²) in [6.45, 7) is 2.13. The Morgan fingerprint density at radius 3 is 1.31 bits per heavy atom. The smallest absolute Gasteiger partial charge is 0.485 e. The molecule has 0 aliphatic rings. The summed E-state index contributed by atoms with van der Waals surface area (Å²) in [5.41, 5.74) is 3.92. The van der Waals surface area contributed by atoms with Crippen LogP contribution in [0.15, 0.2) is 127 Å². The zero-order chi connectivity index (χ0) is 28.0. The Kier molecular flexibility index (Phi) is 8.28. The lowest BCUT2D eigenvalue weighted by atomic mass is 9.98. The molecule has 0 radical (unpaired) electrons. The van der Waals surface area contributed by atoms with Crippen LogP contribution in [0.3, 0.4) is 0 Å². The third-order valence-corrected chi connectivity index (χ3v) is 6.46. The SMILES string of the molecule is Cc1ccc(-[n+]2c(-c3ccccc3)cc(-c3ccccc3)cc2-c2ccccc2)cc1.O=S(=O)([O-])C(F)(F)F. The van der Waals surface area contributed by atoms with Gasteiger partial charge in [0.2, 0.25) is 17.1 Å². The largest absolute Gasteiger partial charge is 0.741 e. The van der Waals surface area contributed by atoms with Crippen molar-refractivity contribution in [3.63, 3.8) is 0 Å². The van der Waals surface area contributed by atoms with Gasteiger partial charge in [-0.15, -0.1) is 0 Å². The van der Waals surface area contributed by atoms with Gasteiger partial charge in [0.1, 0.15) is 0 Å². The van der Waals surface area contributed by atoms with Crippen LogP contribution in [0.25, 0.3) is 39.3 Å². The highest BCUT2D eigenvalue weighted by atomic mass is 32.2. The van der Waals surface area contributed by atoms with Gasteiger partial charge in [0, 0.05) is 35.4 Å². The summed E-state index contributed by atoms with van der Waals surface area (Å²) in [6, 6.07) is 45.3. The van der Waals surface area contributed by atoms with Crippen LogP contribution in [0.4, 0.5) is 13.2 Å². The Morgan fingerprint density at radius 2 is 0.949 bits per heavy atom. The highest BCUT2D eigenvalue weighted by molar-refractivity contribution is 7.86. The average Bonchev–Trinajstić information content (AvgIpc) is 2.94. The summed E-state index contributed by atoms with van der Waals surface area (Å²) in [6.07, 6.45) is 0. The standard InChI is InChI=1S/C30H24N.CHF3O3S/c1-23-17-19-28(20-18-23)31-29(25-13-7-3-8-14-25)21-27(24-11-5-2-6-12-24)22-30(31)26-15-9-4-10-16-26;2-1(3,4)8(5,6)7/h2-22H,1H3;(H,5,6,7)/q+1;/p-1. The molecule has 0 unspecified atom stereocenters. The van der Waals surface area contributed by atoms with E-state index in [1.807, 2.05) is 0 Å². The summed E-state index contributed by atoms with van der Waals surface area (Å²) < 4.78 is 61.3. The monoisotopic (exact) mass is 547 g/mol. The fraction of sp³-hybridized carbons (Fsp3) is 0.0645. The summed E-state index contributed by atoms with van der Waals surface area (Å²) >= 11 is 0. The Bertz CT molecular complexity index is 1580. The molecule has 1 aromatic heterocycles. The number of pyridine rings is 1. The molecule has 4 aromatic carbocycles. The number of hydrogen-bond acceptors (Lipinski definition) is 3. The van der Waals surface area contributed by atoms with Crippen LogP contribution in [-0.2, 0) is 10.1 Å². The predicted molar refractivity (Wildman–Crippen MR) is 145 cm³/mol. The van der Waals surface area contributed by atoms with Crippen molar-refractivity contribution in [1.29, 1.82) is 0 Å². The van der Waals surface area contributed by atoms with Crippen molar-refractivity contribution in [2.24, 2.45) is 0 Å². The number of hydrogen-bond donors (Lipinski definition) is 0. The van der Waals surface area contributed by atoms with E-state index >= 15 is 0 Å². The van der Waals surface area contributed by atoms with Gasteiger partial charge in [-0.2, -0.15) is 17.7 Å². The van der Waals surface area contributed by atoms with Crippen LogP contribution in [0.5, 0.6) is 0 Å². The van der Waals surface area contributed by atoms with Gasteiger partial charge in [-0.25, -0.2) is 8.42 Å². The lowest BCUT2D eigenvalue weighted by Gasteiger charge is -2.12. The number of alkyl halides is 3. The summed E-state index contributed by atoms with van der Waals surface area (Å²) in [5.74, 6) is 0. The lowest BCUT2D eigenvalue weighted by molar-refractivity contribution is -0.572. The molecule has 0 saturated carbocycles. The second kappa shape index (κ2) is 11.6. The van der Waals surface area contributed by atoms with Crippen LogP contribution in [0.1, 0.15) is 5.56 Å². The minimum atomic E-state index is -6.09. The maximum atomic E-state index is 10.7. The molecule has 8 heteroatoms. The number of rotatable bonds is 4. The first-order valence-corrected chi connectivity index (χ1v) is 13.3. The Labute approximate surface area is 225 Å². The van der Waals surface area contributed by atoms with Gasteiger partial charge in [0.25, 0.3) is 0 Å². The van der Waals surface area contributed by atoms with E-state index in [2.05, 4.69) is 139 Å². The van der Waals surface area contributed by atoms with E-state index < -0.39 is 15.6 Å². The van der Waals surface area contributed by atoms with Crippen molar-refractivity contribution in [2.45, 2.75) is 12.4 Å². The highest BCUT2D eigenvalue weighted by Crippen LogP contribution is 2.30. The maximum absolute atomic E-state index is 10.7. The Balaban J connectivity index is 0.000000386. The number of nitrogens with zero attached hydrogens (tertiary/aromatic N) is 1. The number of aryl methyl sites for hydroxylation is 1. The number of benzene rings is 4.